The van der Waals surface area contributed by atoms with E-state index in [1.165, 1.54) is 0 Å². The van der Waals surface area contributed by atoms with Gasteiger partial charge in [-0.15, -0.1) is 0 Å². The zero-order chi connectivity index (χ0) is 16.8. The van der Waals surface area contributed by atoms with Gasteiger partial charge in [-0.3, -0.25) is 4.79 Å². The lowest BCUT2D eigenvalue weighted by Crippen LogP contribution is -2.17. The molecule has 8 heteroatoms. The maximum absolute atomic E-state index is 11.9. The van der Waals surface area contributed by atoms with Crippen LogP contribution in [0.25, 0.3) is 10.2 Å². The van der Waals surface area contributed by atoms with Gasteiger partial charge in [0.05, 0.1) is 29.5 Å². The van der Waals surface area contributed by atoms with Crippen LogP contribution in [0, 0.1) is 0 Å². The van der Waals surface area contributed by atoms with Crippen molar-refractivity contribution >= 4 is 39.2 Å². The molecule has 0 aliphatic rings. The quantitative estimate of drug-likeness (QED) is 0.619. The Bertz CT molecular complexity index is 806. The molecular weight excluding hydrogens is 320 g/mol. The summed E-state index contributed by atoms with van der Waals surface area (Å²) in [6.45, 7) is 3.72. The van der Waals surface area contributed by atoms with Gasteiger partial charge in [-0.2, -0.15) is 0 Å². The number of ether oxygens (including phenoxy) is 2. The van der Waals surface area contributed by atoms with Crippen molar-refractivity contribution in [2.75, 3.05) is 18.5 Å². The normalized spacial score (nSPS) is 11.3. The number of aromatic nitrogens is 1. The maximum Gasteiger partial charge on any atom is 0.355 e. The minimum absolute atomic E-state index is 0.0347. The van der Waals surface area contributed by atoms with Crippen LogP contribution in [0.15, 0.2) is 34.8 Å². The number of hydrogen-bond donors (Lipinski definition) is 2. The molecule has 23 heavy (non-hydrogen) atoms. The lowest BCUT2D eigenvalue weighted by atomic mass is 10.2. The Morgan fingerprint density at radius 2 is 2.00 bits per heavy atom. The van der Waals surface area contributed by atoms with Gasteiger partial charge in [0.1, 0.15) is 5.70 Å². The standard InChI is InChI=1S/C15H16N2O5S/c1-3-21-13(18)8-11(14(19)22-4-2)16-9-5-6-10-12(7-9)23-15(20)17-10/h5-8,16H,3-4H2,1-2H3,(H,17,20). The number of anilines is 1. The third kappa shape index (κ3) is 4.43. The molecule has 0 aliphatic heterocycles. The number of H-pyrrole nitrogens is 1. The predicted octanol–water partition coefficient (Wildman–Crippen LogP) is 2.01. The fraction of sp³-hybridized carbons (Fsp3) is 0.267. The molecule has 0 amide bonds. The van der Waals surface area contributed by atoms with Gasteiger partial charge in [0, 0.05) is 5.69 Å². The first kappa shape index (κ1) is 16.8. The molecule has 1 aromatic heterocycles. The summed E-state index contributed by atoms with van der Waals surface area (Å²) in [5.41, 5.74) is 1.22. The average Bonchev–Trinajstić information content (AvgIpc) is 2.86. The molecule has 2 aromatic rings. The topological polar surface area (TPSA) is 97.5 Å². The van der Waals surface area contributed by atoms with Crippen LogP contribution in [0.1, 0.15) is 13.8 Å². The number of carbonyl (C=O) groups excluding carboxylic acids is 2. The van der Waals surface area contributed by atoms with Crippen molar-refractivity contribution < 1.29 is 19.1 Å². The van der Waals surface area contributed by atoms with E-state index in [1.54, 1.807) is 32.0 Å². The minimum Gasteiger partial charge on any atom is -0.463 e. The molecule has 0 fully saturated rings. The third-order valence-electron chi connectivity index (χ3n) is 2.74. The van der Waals surface area contributed by atoms with Crippen molar-refractivity contribution in [2.45, 2.75) is 13.8 Å². The molecule has 0 spiro atoms. The Morgan fingerprint density at radius 1 is 1.26 bits per heavy atom. The van der Waals surface area contributed by atoms with Crippen LogP contribution in [-0.4, -0.2) is 30.1 Å². The van der Waals surface area contributed by atoms with Gasteiger partial charge < -0.3 is 19.8 Å². The number of fused-ring (bicyclic) bond motifs is 1. The fourth-order valence-electron chi connectivity index (χ4n) is 1.84. The molecule has 0 saturated carbocycles. The van der Waals surface area contributed by atoms with E-state index in [1.807, 2.05) is 0 Å². The van der Waals surface area contributed by atoms with E-state index in [0.717, 1.165) is 22.1 Å². The highest BCUT2D eigenvalue weighted by atomic mass is 32.1. The van der Waals surface area contributed by atoms with E-state index in [9.17, 15) is 14.4 Å². The number of hydrogen-bond acceptors (Lipinski definition) is 7. The third-order valence-corrected chi connectivity index (χ3v) is 3.59. The van der Waals surface area contributed by atoms with Crippen molar-refractivity contribution in [2.24, 2.45) is 0 Å². The number of rotatable bonds is 6. The number of aromatic amines is 1. The fourth-order valence-corrected chi connectivity index (χ4v) is 2.61. The van der Waals surface area contributed by atoms with Crippen molar-refractivity contribution in [1.82, 2.24) is 4.98 Å². The second-order valence-electron chi connectivity index (χ2n) is 4.38. The largest absolute Gasteiger partial charge is 0.463 e. The number of esters is 2. The predicted molar refractivity (Wildman–Crippen MR) is 87.4 cm³/mol. The summed E-state index contributed by atoms with van der Waals surface area (Å²) in [7, 11) is 0. The number of benzene rings is 1. The molecule has 0 bridgehead atoms. The Kier molecular flexibility index (Phi) is 5.53. The summed E-state index contributed by atoms with van der Waals surface area (Å²) in [6, 6.07) is 5.10. The van der Waals surface area contributed by atoms with Crippen LogP contribution in [0.3, 0.4) is 0 Å². The molecule has 0 unspecified atom stereocenters. The summed E-state index contributed by atoms with van der Waals surface area (Å²) in [5, 5.41) is 2.83. The zero-order valence-electron chi connectivity index (χ0n) is 12.7. The Labute approximate surface area is 135 Å². The van der Waals surface area contributed by atoms with Crippen molar-refractivity contribution in [3.8, 4) is 0 Å². The van der Waals surface area contributed by atoms with E-state index in [4.69, 9.17) is 9.47 Å². The maximum atomic E-state index is 11.9. The van der Waals surface area contributed by atoms with Crippen molar-refractivity contribution in [3.63, 3.8) is 0 Å². The lowest BCUT2D eigenvalue weighted by Gasteiger charge is -2.10. The molecule has 1 aromatic carbocycles. The molecule has 0 aliphatic carbocycles. The summed E-state index contributed by atoms with van der Waals surface area (Å²) >= 11 is 1.06. The highest BCUT2D eigenvalue weighted by Crippen LogP contribution is 2.21. The van der Waals surface area contributed by atoms with Gasteiger partial charge in [-0.1, -0.05) is 11.3 Å². The Balaban J connectivity index is 2.28. The van der Waals surface area contributed by atoms with Crippen LogP contribution in [0.2, 0.25) is 0 Å². The number of thiazole rings is 1. The number of carbonyl (C=O) groups is 2. The van der Waals surface area contributed by atoms with Crippen molar-refractivity contribution in [1.29, 1.82) is 0 Å². The van der Waals surface area contributed by atoms with Gasteiger partial charge in [-0.25, -0.2) is 9.59 Å². The van der Waals surface area contributed by atoms with E-state index in [-0.39, 0.29) is 23.8 Å². The molecule has 1 heterocycles. The minimum atomic E-state index is -0.664. The second kappa shape index (κ2) is 7.59. The first-order valence-corrected chi connectivity index (χ1v) is 7.80. The van der Waals surface area contributed by atoms with Crippen LogP contribution < -0.4 is 10.2 Å². The molecule has 122 valence electrons. The van der Waals surface area contributed by atoms with Gasteiger partial charge in [0.2, 0.25) is 0 Å². The van der Waals surface area contributed by atoms with Crippen LogP contribution in [-0.2, 0) is 19.1 Å². The molecule has 7 nitrogen and oxygen atoms in total. The molecule has 2 rings (SSSR count). The van der Waals surface area contributed by atoms with E-state index in [2.05, 4.69) is 10.3 Å². The average molecular weight is 336 g/mol. The van der Waals surface area contributed by atoms with E-state index >= 15 is 0 Å². The molecule has 0 atom stereocenters. The van der Waals surface area contributed by atoms with Gasteiger partial charge >= 0.3 is 16.8 Å². The van der Waals surface area contributed by atoms with Gasteiger partial charge in [-0.05, 0) is 32.0 Å². The Hall–Kier alpha value is -2.61. The Morgan fingerprint density at radius 3 is 2.70 bits per heavy atom. The highest BCUT2D eigenvalue weighted by molar-refractivity contribution is 7.16. The smallest absolute Gasteiger partial charge is 0.355 e. The van der Waals surface area contributed by atoms with Gasteiger partial charge in [0.15, 0.2) is 0 Å². The van der Waals surface area contributed by atoms with Crippen molar-refractivity contribution in [3.05, 3.63) is 39.6 Å². The second-order valence-corrected chi connectivity index (χ2v) is 5.40. The highest BCUT2D eigenvalue weighted by Gasteiger charge is 2.14. The summed E-state index contributed by atoms with van der Waals surface area (Å²) in [5.74, 6) is -1.31. The van der Waals surface area contributed by atoms with Crippen LogP contribution in [0.5, 0.6) is 0 Å². The van der Waals surface area contributed by atoms with E-state index in [0.29, 0.717) is 11.2 Å². The van der Waals surface area contributed by atoms with Gasteiger partial charge in [0.25, 0.3) is 0 Å². The monoisotopic (exact) mass is 336 g/mol. The summed E-state index contributed by atoms with van der Waals surface area (Å²) < 4.78 is 10.5. The number of nitrogens with one attached hydrogen (secondary N) is 2. The zero-order valence-corrected chi connectivity index (χ0v) is 13.5. The summed E-state index contributed by atoms with van der Waals surface area (Å²) in [4.78, 5) is 37.4. The first-order valence-electron chi connectivity index (χ1n) is 6.99. The first-order chi connectivity index (χ1) is 11.0. The van der Waals surface area contributed by atoms with E-state index < -0.39 is 11.9 Å². The molecular formula is C15H16N2O5S. The van der Waals surface area contributed by atoms with Crippen LogP contribution >= 0.6 is 11.3 Å². The SMILES string of the molecule is CCOC(=O)C=C(Nc1ccc2[nH]c(=O)sc2c1)C(=O)OCC. The lowest BCUT2D eigenvalue weighted by molar-refractivity contribution is -0.140. The van der Waals surface area contributed by atoms with Crippen LogP contribution in [0.4, 0.5) is 5.69 Å². The summed E-state index contributed by atoms with van der Waals surface area (Å²) in [6.07, 6.45) is 1.05. The molecule has 0 saturated heterocycles. The molecule has 2 N–H and O–H groups in total. The molecule has 0 radical (unpaired) electrons.